The van der Waals surface area contributed by atoms with E-state index in [4.69, 9.17) is 9.15 Å². The van der Waals surface area contributed by atoms with Crippen LogP contribution in [-0.2, 0) is 6.54 Å². The largest absolute Gasteiger partial charge is 0.488 e. The molecule has 24 heavy (non-hydrogen) atoms. The minimum atomic E-state index is -0.504. The second kappa shape index (κ2) is 6.63. The molecule has 3 aromatic rings. The molecule has 1 aliphatic heterocycles. The van der Waals surface area contributed by atoms with Crippen molar-refractivity contribution in [3.05, 3.63) is 60.8 Å². The molecule has 0 unspecified atom stereocenters. The third-order valence-electron chi connectivity index (χ3n) is 4.49. The molecule has 1 fully saturated rings. The summed E-state index contributed by atoms with van der Waals surface area (Å²) in [5, 5.41) is 12.6. The van der Waals surface area contributed by atoms with Gasteiger partial charge in [-0.1, -0.05) is 6.07 Å². The van der Waals surface area contributed by atoms with Crippen molar-refractivity contribution in [2.75, 3.05) is 13.1 Å². The van der Waals surface area contributed by atoms with Crippen molar-refractivity contribution in [2.24, 2.45) is 0 Å². The number of furan rings is 1. The number of ether oxygens (including phenoxy) is 1. The van der Waals surface area contributed by atoms with Gasteiger partial charge < -0.3 is 14.3 Å². The lowest BCUT2D eigenvalue weighted by Crippen LogP contribution is -2.48. The summed E-state index contributed by atoms with van der Waals surface area (Å²) >= 11 is 0. The van der Waals surface area contributed by atoms with Gasteiger partial charge in [-0.05, 0) is 36.1 Å². The van der Waals surface area contributed by atoms with E-state index in [0.717, 1.165) is 41.6 Å². The molecule has 0 aliphatic carbocycles. The Hall–Kier alpha value is -2.37. The monoisotopic (exact) mass is 324 g/mol. The number of aliphatic hydroxyl groups excluding tert-OH is 1. The molecule has 0 amide bonds. The number of fused-ring (bicyclic) bond motifs is 1. The molecule has 2 atom stereocenters. The van der Waals surface area contributed by atoms with E-state index in [9.17, 15) is 5.11 Å². The van der Waals surface area contributed by atoms with Gasteiger partial charge in [-0.3, -0.25) is 9.88 Å². The second-order valence-corrected chi connectivity index (χ2v) is 6.26. The number of aliphatic hydroxyl groups is 1. The Morgan fingerprint density at radius 1 is 1.25 bits per heavy atom. The summed E-state index contributed by atoms with van der Waals surface area (Å²) in [6, 6.07) is 9.88. The minimum absolute atomic E-state index is 0.181. The topological polar surface area (TPSA) is 58.7 Å². The molecule has 3 heterocycles. The van der Waals surface area contributed by atoms with Crippen LogP contribution in [0.15, 0.2) is 59.7 Å². The number of hydrogen-bond acceptors (Lipinski definition) is 5. The van der Waals surface area contributed by atoms with Crippen molar-refractivity contribution in [1.29, 1.82) is 0 Å². The molecule has 1 aliphatic rings. The number of benzene rings is 1. The summed E-state index contributed by atoms with van der Waals surface area (Å²) in [5.74, 6) is 0.780. The van der Waals surface area contributed by atoms with Gasteiger partial charge in [0.05, 0.1) is 12.5 Å². The van der Waals surface area contributed by atoms with E-state index in [1.807, 2.05) is 36.5 Å². The molecular formula is C19H20N2O3. The summed E-state index contributed by atoms with van der Waals surface area (Å²) in [5.41, 5.74) is 1.13. The average Bonchev–Trinajstić information content (AvgIpc) is 3.10. The lowest BCUT2D eigenvalue weighted by Gasteiger charge is -2.35. The predicted octanol–water partition coefficient (Wildman–Crippen LogP) is 2.84. The first-order valence-electron chi connectivity index (χ1n) is 8.20. The van der Waals surface area contributed by atoms with Gasteiger partial charge in [0.15, 0.2) is 0 Å². The molecule has 124 valence electrons. The molecule has 1 aromatic carbocycles. The van der Waals surface area contributed by atoms with E-state index in [0.29, 0.717) is 6.54 Å². The number of β-amino-alcohol motifs (C(OH)–C–C–N with tert-alkyl or cyclic N) is 1. The highest BCUT2D eigenvalue weighted by molar-refractivity contribution is 5.82. The molecule has 5 nitrogen and oxygen atoms in total. The highest BCUT2D eigenvalue weighted by Crippen LogP contribution is 2.24. The minimum Gasteiger partial charge on any atom is -0.488 e. The molecule has 1 saturated heterocycles. The highest BCUT2D eigenvalue weighted by atomic mass is 16.5. The number of piperidine rings is 1. The van der Waals surface area contributed by atoms with Gasteiger partial charge in [-0.25, -0.2) is 0 Å². The van der Waals surface area contributed by atoms with Gasteiger partial charge in [-0.15, -0.1) is 0 Å². The SMILES string of the molecule is O[C@@H]1CN(Cc2ccoc2)CC[C@H]1Oc1ccc2ccncc2c1. The molecule has 1 N–H and O–H groups in total. The van der Waals surface area contributed by atoms with Crippen molar-refractivity contribution in [3.8, 4) is 5.75 Å². The molecule has 0 radical (unpaired) electrons. The van der Waals surface area contributed by atoms with Crippen LogP contribution >= 0.6 is 0 Å². The summed E-state index contributed by atoms with van der Waals surface area (Å²) in [4.78, 5) is 6.36. The first-order valence-corrected chi connectivity index (χ1v) is 8.20. The van der Waals surface area contributed by atoms with E-state index < -0.39 is 6.10 Å². The predicted molar refractivity (Wildman–Crippen MR) is 90.8 cm³/mol. The van der Waals surface area contributed by atoms with Crippen LogP contribution in [0, 0.1) is 0 Å². The lowest BCUT2D eigenvalue weighted by atomic mass is 10.0. The molecule has 4 rings (SSSR count). The van der Waals surface area contributed by atoms with Crippen LogP contribution < -0.4 is 4.74 Å². The van der Waals surface area contributed by atoms with Crippen LogP contribution in [0.2, 0.25) is 0 Å². The maximum atomic E-state index is 10.4. The molecule has 0 bridgehead atoms. The van der Waals surface area contributed by atoms with Crippen molar-refractivity contribution >= 4 is 10.8 Å². The average molecular weight is 324 g/mol. The summed E-state index contributed by atoms with van der Waals surface area (Å²) in [6.45, 7) is 2.29. The first-order chi connectivity index (χ1) is 11.8. The van der Waals surface area contributed by atoms with Crippen molar-refractivity contribution in [1.82, 2.24) is 9.88 Å². The van der Waals surface area contributed by atoms with Crippen LogP contribution in [0.4, 0.5) is 0 Å². The number of hydrogen-bond donors (Lipinski definition) is 1. The number of rotatable bonds is 4. The fraction of sp³-hybridized carbons (Fsp3) is 0.316. The van der Waals surface area contributed by atoms with Crippen LogP contribution in [0.5, 0.6) is 5.75 Å². The molecule has 0 spiro atoms. The van der Waals surface area contributed by atoms with Crippen molar-refractivity contribution in [3.63, 3.8) is 0 Å². The first kappa shape index (κ1) is 15.2. The standard InChI is InChI=1S/C19H20N2O3/c22-18-12-21(11-14-5-8-23-13-14)7-4-19(18)24-17-2-1-15-3-6-20-10-16(15)9-17/h1-3,5-6,8-10,13,18-19,22H,4,7,11-12H2/t18-,19-/m1/s1. The zero-order valence-electron chi connectivity index (χ0n) is 13.3. The maximum absolute atomic E-state index is 10.4. The molecule has 0 saturated carbocycles. The van der Waals surface area contributed by atoms with Crippen LogP contribution in [0.3, 0.4) is 0 Å². The van der Waals surface area contributed by atoms with Crippen LogP contribution in [0.1, 0.15) is 12.0 Å². The lowest BCUT2D eigenvalue weighted by molar-refractivity contribution is -0.0274. The molecular weight excluding hydrogens is 304 g/mol. The Kier molecular flexibility index (Phi) is 4.19. The Labute approximate surface area is 140 Å². The quantitative estimate of drug-likeness (QED) is 0.800. The van der Waals surface area contributed by atoms with E-state index in [2.05, 4.69) is 9.88 Å². The Balaban J connectivity index is 1.40. The van der Waals surface area contributed by atoms with Crippen molar-refractivity contribution in [2.45, 2.75) is 25.2 Å². The molecule has 5 heteroatoms. The fourth-order valence-corrected chi connectivity index (χ4v) is 3.21. The van der Waals surface area contributed by atoms with E-state index in [1.54, 1.807) is 18.7 Å². The van der Waals surface area contributed by atoms with Gasteiger partial charge in [0.2, 0.25) is 0 Å². The zero-order chi connectivity index (χ0) is 16.4. The Morgan fingerprint density at radius 3 is 3.04 bits per heavy atom. The highest BCUT2D eigenvalue weighted by Gasteiger charge is 2.29. The number of likely N-dealkylation sites (tertiary alicyclic amines) is 1. The van der Waals surface area contributed by atoms with E-state index >= 15 is 0 Å². The second-order valence-electron chi connectivity index (χ2n) is 6.26. The van der Waals surface area contributed by atoms with Gasteiger partial charge in [0, 0.05) is 43.0 Å². The number of aromatic nitrogens is 1. The van der Waals surface area contributed by atoms with Crippen LogP contribution in [-0.4, -0.2) is 40.3 Å². The van der Waals surface area contributed by atoms with Gasteiger partial charge in [-0.2, -0.15) is 0 Å². The number of pyridine rings is 1. The third-order valence-corrected chi connectivity index (χ3v) is 4.49. The molecule has 2 aromatic heterocycles. The number of nitrogens with zero attached hydrogens (tertiary/aromatic N) is 2. The normalized spacial score (nSPS) is 21.9. The van der Waals surface area contributed by atoms with E-state index in [1.165, 1.54) is 0 Å². The summed E-state index contributed by atoms with van der Waals surface area (Å²) in [6.07, 6.45) is 7.14. The van der Waals surface area contributed by atoms with Gasteiger partial charge in [0.1, 0.15) is 18.0 Å². The van der Waals surface area contributed by atoms with Gasteiger partial charge >= 0.3 is 0 Å². The fourth-order valence-electron chi connectivity index (χ4n) is 3.21. The third kappa shape index (κ3) is 3.27. The summed E-state index contributed by atoms with van der Waals surface area (Å²) < 4.78 is 11.1. The van der Waals surface area contributed by atoms with Crippen LogP contribution in [0.25, 0.3) is 10.8 Å². The van der Waals surface area contributed by atoms with Crippen molar-refractivity contribution < 1.29 is 14.3 Å². The maximum Gasteiger partial charge on any atom is 0.127 e. The zero-order valence-corrected chi connectivity index (χ0v) is 13.3. The van der Waals surface area contributed by atoms with E-state index in [-0.39, 0.29) is 6.10 Å². The van der Waals surface area contributed by atoms with Gasteiger partial charge in [0.25, 0.3) is 0 Å². The smallest absolute Gasteiger partial charge is 0.127 e. The Morgan fingerprint density at radius 2 is 2.21 bits per heavy atom. The Bertz CT molecular complexity index is 803. The summed E-state index contributed by atoms with van der Waals surface area (Å²) in [7, 11) is 0.